The predicted octanol–water partition coefficient (Wildman–Crippen LogP) is 3.73. The summed E-state index contributed by atoms with van der Waals surface area (Å²) in [5.74, 6) is -0.738. The van der Waals surface area contributed by atoms with E-state index in [1.807, 2.05) is 37.3 Å². The van der Waals surface area contributed by atoms with Gasteiger partial charge in [-0.25, -0.2) is 4.79 Å². The first kappa shape index (κ1) is 15.7. The molecule has 5 heteroatoms. The van der Waals surface area contributed by atoms with E-state index in [0.29, 0.717) is 4.88 Å². The minimum absolute atomic E-state index is 0.268. The molecule has 1 amide bonds. The molecule has 2 aromatic rings. The first-order valence-electron chi connectivity index (χ1n) is 7.77. The molecule has 1 aliphatic rings. The molecule has 1 aromatic heterocycles. The number of fused-ring (bicyclic) bond motifs is 1. The number of para-hydroxylation sites is 1. The molecule has 23 heavy (non-hydrogen) atoms. The number of ether oxygens (including phenoxy) is 1. The lowest BCUT2D eigenvalue weighted by Crippen LogP contribution is -2.21. The molecule has 1 N–H and O–H groups in total. The number of esters is 1. The number of carbonyl (C=O) groups is 2. The summed E-state index contributed by atoms with van der Waals surface area (Å²) in [6.45, 7) is 1.65. The molecule has 0 saturated heterocycles. The maximum atomic E-state index is 12.1. The highest BCUT2D eigenvalue weighted by atomic mass is 32.1. The minimum atomic E-state index is -0.413. The molecular formula is C18H19NO3S. The molecule has 0 atom stereocenters. The molecule has 1 heterocycles. The van der Waals surface area contributed by atoms with Gasteiger partial charge >= 0.3 is 5.97 Å². The van der Waals surface area contributed by atoms with Gasteiger partial charge in [-0.15, -0.1) is 11.3 Å². The summed E-state index contributed by atoms with van der Waals surface area (Å²) in [5.41, 5.74) is 2.97. The van der Waals surface area contributed by atoms with Gasteiger partial charge in [-0.3, -0.25) is 4.79 Å². The lowest BCUT2D eigenvalue weighted by Gasteiger charge is -2.08. The molecule has 0 aliphatic heterocycles. The van der Waals surface area contributed by atoms with Gasteiger partial charge in [0.25, 0.3) is 5.91 Å². The zero-order chi connectivity index (χ0) is 16.2. The molecule has 0 unspecified atom stereocenters. The smallest absolute Gasteiger partial charge is 0.348 e. The molecule has 120 valence electrons. The van der Waals surface area contributed by atoms with Crippen LogP contribution in [0.2, 0.25) is 0 Å². The number of hydrogen-bond acceptors (Lipinski definition) is 4. The van der Waals surface area contributed by atoms with Crippen LogP contribution in [0.4, 0.5) is 5.69 Å². The Bertz CT molecular complexity index is 712. The summed E-state index contributed by atoms with van der Waals surface area (Å²) < 4.78 is 5.14. The van der Waals surface area contributed by atoms with E-state index in [9.17, 15) is 9.59 Å². The lowest BCUT2D eigenvalue weighted by molar-refractivity contribution is -0.119. The first-order valence-corrected chi connectivity index (χ1v) is 8.59. The van der Waals surface area contributed by atoms with Crippen molar-refractivity contribution in [3.8, 4) is 0 Å². The molecular weight excluding hydrogens is 310 g/mol. The SMILES string of the molecule is Cc1ccccc1NC(=O)COC(=O)c1cc2c(s1)CCCC2. The van der Waals surface area contributed by atoms with E-state index in [0.717, 1.165) is 24.1 Å². The fourth-order valence-electron chi connectivity index (χ4n) is 2.69. The molecule has 1 aliphatic carbocycles. The Kier molecular flexibility index (Phi) is 4.76. The van der Waals surface area contributed by atoms with Gasteiger partial charge in [0.05, 0.1) is 0 Å². The van der Waals surface area contributed by atoms with Crippen molar-refractivity contribution < 1.29 is 14.3 Å². The largest absolute Gasteiger partial charge is 0.451 e. The molecule has 0 bridgehead atoms. The zero-order valence-corrected chi connectivity index (χ0v) is 13.9. The normalized spacial score (nSPS) is 13.3. The number of nitrogens with one attached hydrogen (secondary N) is 1. The second-order valence-electron chi connectivity index (χ2n) is 5.71. The van der Waals surface area contributed by atoms with Crippen molar-refractivity contribution in [2.24, 2.45) is 0 Å². The van der Waals surface area contributed by atoms with Crippen LogP contribution in [0.1, 0.15) is 38.5 Å². The maximum absolute atomic E-state index is 12.1. The molecule has 4 nitrogen and oxygen atoms in total. The minimum Gasteiger partial charge on any atom is -0.451 e. The Balaban J connectivity index is 1.55. The number of hydrogen-bond donors (Lipinski definition) is 1. The van der Waals surface area contributed by atoms with Crippen LogP contribution in [-0.2, 0) is 22.4 Å². The Morgan fingerprint density at radius 2 is 2.00 bits per heavy atom. The predicted molar refractivity (Wildman–Crippen MR) is 91.1 cm³/mol. The van der Waals surface area contributed by atoms with Crippen LogP contribution in [0.3, 0.4) is 0 Å². The Hall–Kier alpha value is -2.14. The quantitative estimate of drug-likeness (QED) is 0.870. The summed E-state index contributed by atoms with van der Waals surface area (Å²) in [6, 6.07) is 9.41. The van der Waals surface area contributed by atoms with Crippen molar-refractivity contribution in [3.05, 3.63) is 51.2 Å². The second-order valence-corrected chi connectivity index (χ2v) is 6.84. The monoisotopic (exact) mass is 329 g/mol. The van der Waals surface area contributed by atoms with Crippen LogP contribution in [0.15, 0.2) is 30.3 Å². The van der Waals surface area contributed by atoms with Crippen molar-refractivity contribution in [1.29, 1.82) is 0 Å². The summed E-state index contributed by atoms with van der Waals surface area (Å²) in [5, 5.41) is 2.75. The lowest BCUT2D eigenvalue weighted by atomic mass is 9.99. The highest BCUT2D eigenvalue weighted by Crippen LogP contribution is 2.30. The van der Waals surface area contributed by atoms with Crippen molar-refractivity contribution in [3.63, 3.8) is 0 Å². The third-order valence-electron chi connectivity index (χ3n) is 3.95. The Labute approximate surface area is 139 Å². The molecule has 0 radical (unpaired) electrons. The summed E-state index contributed by atoms with van der Waals surface area (Å²) in [6.07, 6.45) is 4.44. The van der Waals surface area contributed by atoms with Crippen LogP contribution >= 0.6 is 11.3 Å². The number of anilines is 1. The van der Waals surface area contributed by atoms with Gasteiger partial charge in [0.15, 0.2) is 6.61 Å². The summed E-state index contributed by atoms with van der Waals surface area (Å²) in [7, 11) is 0. The number of benzene rings is 1. The number of amides is 1. The number of aryl methyl sites for hydroxylation is 3. The second kappa shape index (κ2) is 6.96. The highest BCUT2D eigenvalue weighted by molar-refractivity contribution is 7.14. The van der Waals surface area contributed by atoms with Gasteiger partial charge in [-0.1, -0.05) is 18.2 Å². The van der Waals surface area contributed by atoms with Gasteiger partial charge in [-0.2, -0.15) is 0 Å². The van der Waals surface area contributed by atoms with Crippen molar-refractivity contribution >= 4 is 28.9 Å². The third-order valence-corrected chi connectivity index (χ3v) is 5.17. The number of rotatable bonds is 4. The van der Waals surface area contributed by atoms with E-state index in [-0.39, 0.29) is 12.5 Å². The van der Waals surface area contributed by atoms with Crippen LogP contribution < -0.4 is 5.32 Å². The molecule has 0 saturated carbocycles. The van der Waals surface area contributed by atoms with E-state index in [1.54, 1.807) is 0 Å². The van der Waals surface area contributed by atoms with E-state index in [2.05, 4.69) is 5.32 Å². The standard InChI is InChI=1S/C18H19NO3S/c1-12-6-2-4-8-14(12)19-17(20)11-22-18(21)16-10-13-7-3-5-9-15(13)23-16/h2,4,6,8,10H,3,5,7,9,11H2,1H3,(H,19,20). The fraction of sp³-hybridized carbons (Fsp3) is 0.333. The van der Waals surface area contributed by atoms with Crippen LogP contribution in [-0.4, -0.2) is 18.5 Å². The molecule has 0 spiro atoms. The van der Waals surface area contributed by atoms with Crippen LogP contribution in [0.25, 0.3) is 0 Å². The number of thiophene rings is 1. The zero-order valence-electron chi connectivity index (χ0n) is 13.1. The van der Waals surface area contributed by atoms with Crippen molar-refractivity contribution in [2.45, 2.75) is 32.6 Å². The van der Waals surface area contributed by atoms with E-state index in [1.165, 1.54) is 34.6 Å². The van der Waals surface area contributed by atoms with E-state index in [4.69, 9.17) is 4.74 Å². The van der Waals surface area contributed by atoms with Gasteiger partial charge in [-0.05, 0) is 55.9 Å². The molecule has 3 rings (SSSR count). The van der Waals surface area contributed by atoms with E-state index >= 15 is 0 Å². The average molecular weight is 329 g/mol. The topological polar surface area (TPSA) is 55.4 Å². The molecule has 1 aromatic carbocycles. The summed E-state index contributed by atoms with van der Waals surface area (Å²) in [4.78, 5) is 25.9. The number of carbonyl (C=O) groups excluding carboxylic acids is 2. The fourth-order valence-corrected chi connectivity index (χ4v) is 3.84. The van der Waals surface area contributed by atoms with Crippen LogP contribution in [0.5, 0.6) is 0 Å². The van der Waals surface area contributed by atoms with E-state index < -0.39 is 5.97 Å². The van der Waals surface area contributed by atoms with Gasteiger partial charge in [0.2, 0.25) is 0 Å². The Morgan fingerprint density at radius 3 is 2.78 bits per heavy atom. The highest BCUT2D eigenvalue weighted by Gasteiger charge is 2.19. The molecule has 0 fully saturated rings. The maximum Gasteiger partial charge on any atom is 0.348 e. The first-order chi connectivity index (χ1) is 11.1. The van der Waals surface area contributed by atoms with Gasteiger partial charge < -0.3 is 10.1 Å². The van der Waals surface area contributed by atoms with Crippen molar-refractivity contribution in [2.75, 3.05) is 11.9 Å². The van der Waals surface area contributed by atoms with Gasteiger partial charge in [0.1, 0.15) is 4.88 Å². The Morgan fingerprint density at radius 1 is 1.22 bits per heavy atom. The van der Waals surface area contributed by atoms with Crippen molar-refractivity contribution in [1.82, 2.24) is 0 Å². The average Bonchev–Trinajstić information content (AvgIpc) is 2.99. The van der Waals surface area contributed by atoms with Crippen LogP contribution in [0, 0.1) is 6.92 Å². The third kappa shape index (κ3) is 3.79. The summed E-state index contributed by atoms with van der Waals surface area (Å²) >= 11 is 1.50. The van der Waals surface area contributed by atoms with Gasteiger partial charge in [0, 0.05) is 10.6 Å².